The lowest BCUT2D eigenvalue weighted by Gasteiger charge is -2.15. The van der Waals surface area contributed by atoms with Gasteiger partial charge in [-0.05, 0) is 18.6 Å². The molecule has 140 valence electrons. The number of aromatic nitrogens is 4. The molecule has 27 heavy (non-hydrogen) atoms. The van der Waals surface area contributed by atoms with Gasteiger partial charge in [-0.1, -0.05) is 25.1 Å². The number of carbonyl (C=O) groups excluding carboxylic acids is 1. The molecule has 2 N–H and O–H groups in total. The summed E-state index contributed by atoms with van der Waals surface area (Å²) in [6, 6.07) is 8.69. The number of benzene rings is 1. The molecule has 3 aromatic rings. The monoisotopic (exact) mass is 371 g/mol. The van der Waals surface area contributed by atoms with E-state index in [0.717, 1.165) is 0 Å². The van der Waals surface area contributed by atoms with Gasteiger partial charge in [0, 0.05) is 5.56 Å². The van der Waals surface area contributed by atoms with Crippen molar-refractivity contribution in [2.24, 2.45) is 0 Å². The van der Waals surface area contributed by atoms with Gasteiger partial charge in [0.25, 0.3) is 5.91 Å². The van der Waals surface area contributed by atoms with Crippen LogP contribution in [0.1, 0.15) is 29.9 Å². The van der Waals surface area contributed by atoms with Gasteiger partial charge in [0.15, 0.2) is 29.4 Å². The number of ether oxygens (including phenoxy) is 1. The Morgan fingerprint density at radius 2 is 2.07 bits per heavy atom. The summed E-state index contributed by atoms with van der Waals surface area (Å²) in [5.74, 6) is -0.124. The first-order valence-corrected chi connectivity index (χ1v) is 8.61. The van der Waals surface area contributed by atoms with E-state index in [9.17, 15) is 14.3 Å². The number of anilines is 1. The van der Waals surface area contributed by atoms with Crippen LogP contribution < -0.4 is 5.32 Å². The fourth-order valence-corrected chi connectivity index (χ4v) is 3.16. The van der Waals surface area contributed by atoms with E-state index >= 15 is 0 Å². The van der Waals surface area contributed by atoms with Gasteiger partial charge in [0.05, 0.1) is 12.4 Å². The Balaban J connectivity index is 1.65. The van der Waals surface area contributed by atoms with Gasteiger partial charge in [-0.3, -0.25) is 9.36 Å². The highest BCUT2D eigenvalue weighted by Gasteiger charge is 2.44. The molecule has 0 saturated carbocycles. The molecule has 0 spiro atoms. The number of aliphatic hydroxyl groups is 1. The number of nitrogens with zero attached hydrogens (tertiary/aromatic N) is 4. The number of fused-ring (bicyclic) bond motifs is 1. The van der Waals surface area contributed by atoms with Crippen LogP contribution >= 0.6 is 0 Å². The maximum atomic E-state index is 14.5. The molecule has 1 fully saturated rings. The molecule has 8 nitrogen and oxygen atoms in total. The Hall–Kier alpha value is -2.91. The maximum absolute atomic E-state index is 14.5. The molecule has 1 saturated heterocycles. The zero-order valence-electron chi connectivity index (χ0n) is 14.5. The Labute approximate surface area is 154 Å². The first kappa shape index (κ1) is 17.5. The van der Waals surface area contributed by atoms with Crippen LogP contribution in [0.3, 0.4) is 0 Å². The summed E-state index contributed by atoms with van der Waals surface area (Å²) in [6.07, 6.45) is -1.33. The number of imidazole rings is 1. The molecule has 3 heterocycles. The number of carbonyl (C=O) groups is 1. The second-order valence-corrected chi connectivity index (χ2v) is 6.27. The van der Waals surface area contributed by atoms with Gasteiger partial charge in [-0.2, -0.15) is 0 Å². The molecule has 1 amide bonds. The van der Waals surface area contributed by atoms with E-state index < -0.39 is 24.6 Å². The molecule has 0 aliphatic carbocycles. The highest BCUT2D eigenvalue weighted by molar-refractivity contribution is 6.06. The highest BCUT2D eigenvalue weighted by Crippen LogP contribution is 2.35. The third-order valence-corrected chi connectivity index (χ3v) is 4.60. The number of hydrogen-bond donors (Lipinski definition) is 2. The molecule has 1 aliphatic heterocycles. The number of nitrogens with one attached hydrogen (secondary N) is 1. The largest absolute Gasteiger partial charge is 0.387 e. The van der Waals surface area contributed by atoms with Crippen LogP contribution in [-0.4, -0.2) is 48.9 Å². The van der Waals surface area contributed by atoms with E-state index in [1.165, 1.54) is 17.2 Å². The van der Waals surface area contributed by atoms with E-state index in [-0.39, 0.29) is 11.7 Å². The molecular weight excluding hydrogens is 353 g/mol. The van der Waals surface area contributed by atoms with Crippen molar-refractivity contribution in [2.45, 2.75) is 38.0 Å². The molecule has 0 bridgehead atoms. The Morgan fingerprint density at radius 1 is 1.30 bits per heavy atom. The van der Waals surface area contributed by atoms with E-state index in [1.807, 2.05) is 13.0 Å². The minimum Gasteiger partial charge on any atom is -0.387 e. The second kappa shape index (κ2) is 7.01. The van der Waals surface area contributed by atoms with E-state index in [1.54, 1.807) is 24.3 Å². The molecule has 9 heteroatoms. The molecule has 4 atom stereocenters. The minimum absolute atomic E-state index is 0.216. The van der Waals surface area contributed by atoms with Crippen molar-refractivity contribution in [2.75, 3.05) is 5.32 Å². The van der Waals surface area contributed by atoms with Crippen LogP contribution in [0.2, 0.25) is 0 Å². The second-order valence-electron chi connectivity index (χ2n) is 6.27. The number of hydrogen-bond acceptors (Lipinski definition) is 6. The van der Waals surface area contributed by atoms with Crippen LogP contribution in [-0.2, 0) is 4.74 Å². The normalized spacial score (nSPS) is 25.0. The van der Waals surface area contributed by atoms with Crippen LogP contribution in [0, 0.1) is 0 Å². The number of amides is 1. The molecule has 2 aromatic heterocycles. The molecular formula is C18H18FN5O3. The van der Waals surface area contributed by atoms with Gasteiger partial charge < -0.3 is 15.2 Å². The molecule has 0 radical (unpaired) electrons. The summed E-state index contributed by atoms with van der Waals surface area (Å²) in [7, 11) is 0. The van der Waals surface area contributed by atoms with Crippen molar-refractivity contribution in [3.8, 4) is 0 Å². The summed E-state index contributed by atoms with van der Waals surface area (Å²) in [6.45, 7) is 1.81. The van der Waals surface area contributed by atoms with Crippen molar-refractivity contribution in [1.82, 2.24) is 19.5 Å². The summed E-state index contributed by atoms with van der Waals surface area (Å²) in [5, 5.41) is 12.7. The Bertz CT molecular complexity index is 964. The van der Waals surface area contributed by atoms with Crippen molar-refractivity contribution in [1.29, 1.82) is 0 Å². The Morgan fingerprint density at radius 3 is 2.78 bits per heavy atom. The number of aliphatic hydroxyl groups excluding tert-OH is 1. The van der Waals surface area contributed by atoms with E-state index in [4.69, 9.17) is 4.74 Å². The van der Waals surface area contributed by atoms with Crippen LogP contribution in [0.4, 0.5) is 10.2 Å². The summed E-state index contributed by atoms with van der Waals surface area (Å²) >= 11 is 0. The topological polar surface area (TPSA) is 102 Å². The fraction of sp³-hybridized carbons (Fsp3) is 0.333. The molecule has 4 rings (SSSR count). The number of rotatable bonds is 4. The summed E-state index contributed by atoms with van der Waals surface area (Å²) in [4.78, 5) is 24.8. The van der Waals surface area contributed by atoms with Gasteiger partial charge in [0.2, 0.25) is 0 Å². The van der Waals surface area contributed by atoms with Gasteiger partial charge >= 0.3 is 0 Å². The van der Waals surface area contributed by atoms with Crippen LogP contribution in [0.25, 0.3) is 11.2 Å². The predicted octanol–water partition coefficient (Wildman–Crippen LogP) is 2.09. The fourth-order valence-electron chi connectivity index (χ4n) is 3.16. The van der Waals surface area contributed by atoms with Gasteiger partial charge in [-0.15, -0.1) is 0 Å². The van der Waals surface area contributed by atoms with E-state index in [0.29, 0.717) is 23.1 Å². The first-order chi connectivity index (χ1) is 13.1. The maximum Gasteiger partial charge on any atom is 0.256 e. The van der Waals surface area contributed by atoms with Crippen LogP contribution in [0.5, 0.6) is 0 Å². The predicted molar refractivity (Wildman–Crippen MR) is 94.8 cm³/mol. The van der Waals surface area contributed by atoms with Gasteiger partial charge in [0.1, 0.15) is 12.4 Å². The van der Waals surface area contributed by atoms with Crippen LogP contribution in [0.15, 0.2) is 43.0 Å². The van der Waals surface area contributed by atoms with Crippen molar-refractivity contribution >= 4 is 22.9 Å². The first-order valence-electron chi connectivity index (χ1n) is 8.61. The Kier molecular flexibility index (Phi) is 4.54. The summed E-state index contributed by atoms with van der Waals surface area (Å²) < 4.78 is 21.5. The van der Waals surface area contributed by atoms with Crippen molar-refractivity contribution in [3.05, 3.63) is 48.5 Å². The summed E-state index contributed by atoms with van der Waals surface area (Å²) in [5.41, 5.74) is 1.09. The standard InChI is InChI=1S/C18H18FN5O3/c1-2-11-14(25)12(19)18(27-11)24-9-22-13-15(20-8-21-16(13)24)23-17(26)10-6-4-3-5-7-10/h3-9,11-12,14,18,25H,2H2,1H3,(H,20,21,23,26)/t11?,12-,14-,18-/m1/s1. The molecule has 1 aliphatic rings. The average Bonchev–Trinajstić information content (AvgIpc) is 3.25. The minimum atomic E-state index is -1.61. The molecule has 1 unspecified atom stereocenters. The van der Waals surface area contributed by atoms with Crippen molar-refractivity contribution < 1.29 is 19.0 Å². The smallest absolute Gasteiger partial charge is 0.256 e. The zero-order valence-corrected chi connectivity index (χ0v) is 14.5. The lowest BCUT2D eigenvalue weighted by Crippen LogP contribution is -2.27. The van der Waals surface area contributed by atoms with Gasteiger partial charge in [-0.25, -0.2) is 19.3 Å². The third-order valence-electron chi connectivity index (χ3n) is 4.60. The number of alkyl halides is 1. The lowest BCUT2D eigenvalue weighted by atomic mass is 10.1. The quantitative estimate of drug-likeness (QED) is 0.728. The van der Waals surface area contributed by atoms with E-state index in [2.05, 4.69) is 20.3 Å². The highest BCUT2D eigenvalue weighted by atomic mass is 19.1. The zero-order chi connectivity index (χ0) is 19.0. The molecule has 1 aromatic carbocycles. The van der Waals surface area contributed by atoms with Crippen molar-refractivity contribution in [3.63, 3.8) is 0 Å². The average molecular weight is 371 g/mol. The SMILES string of the molecule is CCC1O[C@@H](n2cnc3c(NC(=O)c4ccccc4)ncnc32)[C@H](F)[C@@H]1O. The third kappa shape index (κ3) is 3.04. The number of halogens is 1. The lowest BCUT2D eigenvalue weighted by molar-refractivity contribution is -0.0238.